The molecule has 2 heterocycles. The normalized spacial score (nSPS) is 10.1. The number of rotatable bonds is 0. The minimum absolute atomic E-state index is 0.231. The monoisotopic (exact) mass is 192 g/mol. The summed E-state index contributed by atoms with van der Waals surface area (Å²) in [5.74, 6) is -0.234. The minimum atomic E-state index is -0.546. The van der Waals surface area contributed by atoms with Gasteiger partial charge in [0.2, 0.25) is 0 Å². The number of fused-ring (bicyclic) bond motifs is 1. The van der Waals surface area contributed by atoms with E-state index in [-0.39, 0.29) is 11.3 Å². The largest absolute Gasteiger partial charge is 0.506 e. The highest BCUT2D eigenvalue weighted by molar-refractivity contribution is 7.16. The van der Waals surface area contributed by atoms with Crippen molar-refractivity contribution in [3.8, 4) is 11.8 Å². The Morgan fingerprint density at radius 2 is 2.38 bits per heavy atom. The molecule has 0 bridgehead atoms. The summed E-state index contributed by atoms with van der Waals surface area (Å²) in [5.41, 5.74) is -0.777. The molecule has 2 aromatic heterocycles. The van der Waals surface area contributed by atoms with Crippen molar-refractivity contribution in [2.24, 2.45) is 0 Å². The Morgan fingerprint density at radius 1 is 1.62 bits per heavy atom. The maximum absolute atomic E-state index is 11.2. The van der Waals surface area contributed by atoms with E-state index in [0.717, 1.165) is 0 Å². The molecule has 13 heavy (non-hydrogen) atoms. The van der Waals surface area contributed by atoms with Crippen LogP contribution in [0.4, 0.5) is 0 Å². The van der Waals surface area contributed by atoms with Crippen LogP contribution in [0.15, 0.2) is 16.2 Å². The lowest BCUT2D eigenvalue weighted by atomic mass is 10.2. The third kappa shape index (κ3) is 0.999. The van der Waals surface area contributed by atoms with Gasteiger partial charge in [-0.25, -0.2) is 0 Å². The number of hydrogen-bond acceptors (Lipinski definition) is 4. The molecule has 0 amide bonds. The van der Waals surface area contributed by atoms with Crippen molar-refractivity contribution in [3.05, 3.63) is 27.4 Å². The van der Waals surface area contributed by atoms with Crippen molar-refractivity contribution < 1.29 is 5.11 Å². The lowest BCUT2D eigenvalue weighted by molar-refractivity contribution is 0.479. The summed E-state index contributed by atoms with van der Waals surface area (Å²) in [6.07, 6.45) is 0. The maximum atomic E-state index is 11.2. The number of nitrogens with zero attached hydrogens (tertiary/aromatic N) is 1. The standard InChI is InChI=1S/C8H4N2O2S/c9-3-5-6(11)4-1-2-13-8(4)10-7(5)12/h1-2H,(H2,10,11,12). The van der Waals surface area contributed by atoms with Crippen molar-refractivity contribution >= 4 is 21.6 Å². The average molecular weight is 192 g/mol. The molecular formula is C8H4N2O2S. The Morgan fingerprint density at radius 3 is 3.08 bits per heavy atom. The van der Waals surface area contributed by atoms with E-state index in [0.29, 0.717) is 10.2 Å². The molecule has 64 valence electrons. The first-order valence-corrected chi connectivity index (χ1v) is 4.34. The van der Waals surface area contributed by atoms with Gasteiger partial charge in [0.15, 0.2) is 5.56 Å². The van der Waals surface area contributed by atoms with Crippen LogP contribution in [0.2, 0.25) is 0 Å². The number of hydrogen-bond donors (Lipinski definition) is 2. The molecule has 5 heteroatoms. The van der Waals surface area contributed by atoms with E-state index < -0.39 is 5.56 Å². The molecule has 4 nitrogen and oxygen atoms in total. The Labute approximate surface area is 76.7 Å². The molecule has 0 aliphatic heterocycles. The number of aromatic nitrogens is 1. The molecule has 2 N–H and O–H groups in total. The number of nitriles is 1. The lowest BCUT2D eigenvalue weighted by Gasteiger charge is -1.95. The highest BCUT2D eigenvalue weighted by Crippen LogP contribution is 2.27. The molecule has 0 saturated heterocycles. The van der Waals surface area contributed by atoms with Gasteiger partial charge in [-0.15, -0.1) is 11.3 Å². The molecule has 0 unspecified atom stereocenters. The zero-order valence-corrected chi connectivity index (χ0v) is 7.18. The van der Waals surface area contributed by atoms with Crippen molar-refractivity contribution in [2.45, 2.75) is 0 Å². The summed E-state index contributed by atoms with van der Waals surface area (Å²) in [4.78, 5) is 14.2. The van der Waals surface area contributed by atoms with E-state index in [1.54, 1.807) is 17.5 Å². The van der Waals surface area contributed by atoms with Crippen LogP contribution in [-0.2, 0) is 0 Å². The van der Waals surface area contributed by atoms with Gasteiger partial charge in [0.25, 0.3) is 5.56 Å². The number of nitrogens with one attached hydrogen (secondary N) is 1. The predicted octanol–water partition coefficient (Wildman–Crippen LogP) is 1.17. The molecule has 2 aromatic rings. The second-order valence-electron chi connectivity index (χ2n) is 2.45. The van der Waals surface area contributed by atoms with E-state index >= 15 is 0 Å². The van der Waals surface area contributed by atoms with Gasteiger partial charge >= 0.3 is 0 Å². The molecule has 0 atom stereocenters. The van der Waals surface area contributed by atoms with Crippen LogP contribution in [-0.4, -0.2) is 10.1 Å². The fourth-order valence-corrected chi connectivity index (χ4v) is 1.89. The second-order valence-corrected chi connectivity index (χ2v) is 3.37. The Bertz CT molecular complexity index is 562. The zero-order chi connectivity index (χ0) is 9.42. The number of pyridine rings is 1. The number of H-pyrrole nitrogens is 1. The van der Waals surface area contributed by atoms with Gasteiger partial charge in [0.05, 0.1) is 5.39 Å². The summed E-state index contributed by atoms with van der Waals surface area (Å²) >= 11 is 1.31. The van der Waals surface area contributed by atoms with Gasteiger partial charge in [-0.1, -0.05) is 0 Å². The molecule has 0 aliphatic rings. The molecule has 0 saturated carbocycles. The second kappa shape index (κ2) is 2.61. The molecule has 0 fully saturated rings. The van der Waals surface area contributed by atoms with E-state index in [2.05, 4.69) is 4.98 Å². The van der Waals surface area contributed by atoms with Crippen molar-refractivity contribution in [1.29, 1.82) is 5.26 Å². The van der Waals surface area contributed by atoms with Crippen molar-refractivity contribution in [1.82, 2.24) is 4.98 Å². The van der Waals surface area contributed by atoms with Gasteiger partial charge < -0.3 is 10.1 Å². The fourth-order valence-electron chi connectivity index (χ4n) is 1.10. The van der Waals surface area contributed by atoms with Crippen LogP contribution in [0.25, 0.3) is 10.2 Å². The number of thiophene rings is 1. The van der Waals surface area contributed by atoms with Crippen LogP contribution in [0.1, 0.15) is 5.56 Å². The summed E-state index contributed by atoms with van der Waals surface area (Å²) in [5, 5.41) is 20.3. The molecule has 0 radical (unpaired) electrons. The van der Waals surface area contributed by atoms with E-state index in [1.807, 2.05) is 0 Å². The van der Waals surface area contributed by atoms with Gasteiger partial charge in [0, 0.05) is 0 Å². The van der Waals surface area contributed by atoms with Crippen molar-refractivity contribution in [3.63, 3.8) is 0 Å². The quantitative estimate of drug-likeness (QED) is 0.657. The van der Waals surface area contributed by atoms with E-state index in [9.17, 15) is 9.90 Å². The fraction of sp³-hybridized carbons (Fsp3) is 0. The maximum Gasteiger partial charge on any atom is 0.270 e. The number of aromatic hydroxyl groups is 1. The van der Waals surface area contributed by atoms with Gasteiger partial charge in [0.1, 0.15) is 16.6 Å². The predicted molar refractivity (Wildman–Crippen MR) is 48.8 cm³/mol. The van der Waals surface area contributed by atoms with Gasteiger partial charge in [-0.2, -0.15) is 5.26 Å². The SMILES string of the molecule is N#Cc1c(O)c2ccsc2[nH]c1=O. The highest BCUT2D eigenvalue weighted by Gasteiger charge is 2.11. The van der Waals surface area contributed by atoms with E-state index in [1.165, 1.54) is 11.3 Å². The summed E-state index contributed by atoms with van der Waals surface area (Å²) in [7, 11) is 0. The summed E-state index contributed by atoms with van der Waals surface area (Å²) in [6, 6.07) is 3.32. The summed E-state index contributed by atoms with van der Waals surface area (Å²) in [6.45, 7) is 0. The van der Waals surface area contributed by atoms with Crippen LogP contribution in [0, 0.1) is 11.3 Å². The third-order valence-corrected chi connectivity index (χ3v) is 2.55. The minimum Gasteiger partial charge on any atom is -0.506 e. The van der Waals surface area contributed by atoms with Gasteiger partial charge in [-0.05, 0) is 11.4 Å². The van der Waals surface area contributed by atoms with Crippen molar-refractivity contribution in [2.75, 3.05) is 0 Å². The van der Waals surface area contributed by atoms with Gasteiger partial charge in [-0.3, -0.25) is 4.79 Å². The van der Waals surface area contributed by atoms with Crippen LogP contribution in [0.3, 0.4) is 0 Å². The Hall–Kier alpha value is -1.80. The van der Waals surface area contributed by atoms with Crippen LogP contribution in [0.5, 0.6) is 5.75 Å². The highest BCUT2D eigenvalue weighted by atomic mass is 32.1. The first kappa shape index (κ1) is 7.83. The molecular weight excluding hydrogens is 188 g/mol. The van der Waals surface area contributed by atoms with Crippen LogP contribution < -0.4 is 5.56 Å². The number of aromatic amines is 1. The Kier molecular flexibility index (Phi) is 1.57. The average Bonchev–Trinajstić information content (AvgIpc) is 2.53. The lowest BCUT2D eigenvalue weighted by Crippen LogP contribution is -2.08. The first-order chi connectivity index (χ1) is 6.24. The molecule has 0 aromatic carbocycles. The topological polar surface area (TPSA) is 76.9 Å². The first-order valence-electron chi connectivity index (χ1n) is 3.46. The molecule has 0 aliphatic carbocycles. The zero-order valence-electron chi connectivity index (χ0n) is 6.37. The summed E-state index contributed by atoms with van der Waals surface area (Å²) < 4.78 is 0. The Balaban J connectivity index is 3.04. The smallest absolute Gasteiger partial charge is 0.270 e. The molecule has 0 spiro atoms. The van der Waals surface area contributed by atoms with Crippen LogP contribution >= 0.6 is 11.3 Å². The molecule has 2 rings (SSSR count). The third-order valence-electron chi connectivity index (χ3n) is 1.72. The van der Waals surface area contributed by atoms with E-state index in [4.69, 9.17) is 5.26 Å².